The second-order valence-corrected chi connectivity index (χ2v) is 10.9. The van der Waals surface area contributed by atoms with E-state index < -0.39 is 0 Å². The number of benzene rings is 3. The monoisotopic (exact) mass is 583 g/mol. The molecule has 2 saturated heterocycles. The molecule has 2 aliphatic rings. The molecule has 0 saturated carbocycles. The van der Waals surface area contributed by atoms with Crippen molar-refractivity contribution in [3.8, 4) is 0 Å². The Kier molecular flexibility index (Phi) is 8.50. The number of halogens is 1. The lowest BCUT2D eigenvalue weighted by molar-refractivity contribution is -0.111. The molecule has 1 aromatic heterocycles. The van der Waals surface area contributed by atoms with E-state index in [2.05, 4.69) is 56.6 Å². The molecule has 3 heterocycles. The second-order valence-electron chi connectivity index (χ2n) is 10.5. The van der Waals surface area contributed by atoms with Gasteiger partial charge >= 0.3 is 0 Å². The van der Waals surface area contributed by atoms with Crippen LogP contribution in [0.4, 0.5) is 34.5 Å². The molecule has 0 spiro atoms. The Balaban J connectivity index is 1.17. The van der Waals surface area contributed by atoms with Crippen LogP contribution < -0.4 is 20.9 Å². The molecule has 2 fully saturated rings. The van der Waals surface area contributed by atoms with Crippen LogP contribution in [0.25, 0.3) is 10.9 Å². The summed E-state index contributed by atoms with van der Waals surface area (Å²) in [7, 11) is 0. The van der Waals surface area contributed by atoms with E-state index in [1.807, 2.05) is 42.5 Å². The Hall–Kier alpha value is -4.18. The van der Waals surface area contributed by atoms with E-state index in [1.54, 1.807) is 0 Å². The van der Waals surface area contributed by atoms with Crippen LogP contribution in [0.5, 0.6) is 0 Å². The summed E-state index contributed by atoms with van der Waals surface area (Å²) in [6, 6.07) is 22.0. The van der Waals surface area contributed by atoms with E-state index in [0.29, 0.717) is 28.5 Å². The van der Waals surface area contributed by atoms with Crippen LogP contribution in [-0.4, -0.2) is 66.2 Å². The van der Waals surface area contributed by atoms with E-state index >= 15 is 0 Å². The van der Waals surface area contributed by atoms with Gasteiger partial charge in [0.1, 0.15) is 5.82 Å². The van der Waals surface area contributed by atoms with Gasteiger partial charge in [-0.3, -0.25) is 9.69 Å². The number of piperidine rings is 1. The van der Waals surface area contributed by atoms with Gasteiger partial charge in [0.15, 0.2) is 0 Å². The van der Waals surface area contributed by atoms with Crippen molar-refractivity contribution in [2.45, 2.75) is 18.9 Å². The summed E-state index contributed by atoms with van der Waals surface area (Å²) in [6.07, 6.45) is 3.58. The van der Waals surface area contributed by atoms with Crippen molar-refractivity contribution >= 4 is 62.9 Å². The normalized spacial score (nSPS) is 16.3. The molecule has 3 N–H and O–H groups in total. The van der Waals surface area contributed by atoms with Crippen LogP contribution in [0.1, 0.15) is 12.8 Å². The van der Waals surface area contributed by atoms with Crippen molar-refractivity contribution < 1.29 is 9.53 Å². The summed E-state index contributed by atoms with van der Waals surface area (Å²) in [6.45, 7) is 9.42. The first kappa shape index (κ1) is 28.0. The van der Waals surface area contributed by atoms with Gasteiger partial charge < -0.3 is 25.6 Å². The Morgan fingerprint density at radius 1 is 0.905 bits per heavy atom. The third-order valence-corrected chi connectivity index (χ3v) is 7.99. The zero-order chi connectivity index (χ0) is 28.9. The van der Waals surface area contributed by atoms with Crippen LogP contribution in [-0.2, 0) is 9.53 Å². The Labute approximate surface area is 250 Å². The molecule has 1 amide bonds. The highest BCUT2D eigenvalue weighted by Crippen LogP contribution is 2.30. The van der Waals surface area contributed by atoms with Crippen molar-refractivity contribution in [3.63, 3.8) is 0 Å². The molecule has 0 radical (unpaired) electrons. The number of amides is 1. The first-order valence-corrected chi connectivity index (χ1v) is 14.6. The fraction of sp³-hybridized carbons (Fsp3) is 0.281. The SMILES string of the molecule is C=CC(=O)Nc1cccc(Nc2nc(Nc3ccc(N4CCC(N5CCOCC5)CC4)cc3)nc3ccc(Cl)cc23)c1. The molecule has 0 aliphatic carbocycles. The second kappa shape index (κ2) is 12.8. The summed E-state index contributed by atoms with van der Waals surface area (Å²) in [5.74, 6) is 0.779. The highest BCUT2D eigenvalue weighted by molar-refractivity contribution is 6.31. The number of ether oxygens (including phenoxy) is 1. The van der Waals surface area contributed by atoms with Gasteiger partial charge in [0.2, 0.25) is 11.9 Å². The lowest BCUT2D eigenvalue weighted by atomic mass is 10.0. The molecule has 216 valence electrons. The van der Waals surface area contributed by atoms with Crippen LogP contribution >= 0.6 is 11.6 Å². The predicted octanol–water partition coefficient (Wildman–Crippen LogP) is 6.20. The number of hydrogen-bond donors (Lipinski definition) is 3. The largest absolute Gasteiger partial charge is 0.379 e. The van der Waals surface area contributed by atoms with Crippen molar-refractivity contribution in [2.24, 2.45) is 0 Å². The van der Waals surface area contributed by atoms with E-state index in [9.17, 15) is 4.79 Å². The standard InChI is InChI=1S/C32H34ClN7O2/c1-2-30(41)34-24-4-3-5-25(21-24)35-31-28-20-22(33)6-11-29(28)37-32(38-31)36-23-7-9-26(10-8-23)39-14-12-27(13-15-39)40-16-18-42-19-17-40/h2-11,20-21,27H,1,12-19H2,(H,34,41)(H2,35,36,37,38). The third-order valence-electron chi connectivity index (χ3n) is 7.75. The minimum Gasteiger partial charge on any atom is -0.379 e. The molecule has 3 aromatic carbocycles. The lowest BCUT2D eigenvalue weighted by Crippen LogP contribution is -2.49. The zero-order valence-electron chi connectivity index (χ0n) is 23.4. The van der Waals surface area contributed by atoms with Crippen molar-refractivity contribution in [2.75, 3.05) is 60.2 Å². The number of carbonyl (C=O) groups is 1. The maximum atomic E-state index is 11.8. The van der Waals surface area contributed by atoms with Gasteiger partial charge in [0.05, 0.1) is 18.7 Å². The van der Waals surface area contributed by atoms with Gasteiger partial charge in [0.25, 0.3) is 0 Å². The molecule has 9 nitrogen and oxygen atoms in total. The molecule has 10 heteroatoms. The fourth-order valence-electron chi connectivity index (χ4n) is 5.57. The molecule has 4 aromatic rings. The number of aromatic nitrogens is 2. The van der Waals surface area contributed by atoms with E-state index in [0.717, 1.165) is 61.7 Å². The van der Waals surface area contributed by atoms with Gasteiger partial charge in [-0.2, -0.15) is 4.98 Å². The van der Waals surface area contributed by atoms with Crippen LogP contribution in [0, 0.1) is 0 Å². The molecular weight excluding hydrogens is 550 g/mol. The third kappa shape index (κ3) is 6.65. The van der Waals surface area contributed by atoms with E-state index in [4.69, 9.17) is 26.3 Å². The van der Waals surface area contributed by atoms with Gasteiger partial charge in [-0.15, -0.1) is 0 Å². The molecule has 0 atom stereocenters. The zero-order valence-corrected chi connectivity index (χ0v) is 24.1. The van der Waals surface area contributed by atoms with Crippen LogP contribution in [0.15, 0.2) is 79.4 Å². The quantitative estimate of drug-likeness (QED) is 0.211. The average molecular weight is 584 g/mol. The topological polar surface area (TPSA) is 94.6 Å². The summed E-state index contributed by atoms with van der Waals surface area (Å²) in [4.78, 5) is 26.3. The maximum absolute atomic E-state index is 11.8. The number of nitrogens with one attached hydrogen (secondary N) is 3. The molecule has 0 unspecified atom stereocenters. The minimum atomic E-state index is -0.276. The summed E-state index contributed by atoms with van der Waals surface area (Å²) >= 11 is 6.32. The number of rotatable bonds is 8. The van der Waals surface area contributed by atoms with Gasteiger partial charge in [-0.05, 0) is 79.6 Å². The number of carbonyl (C=O) groups excluding carboxylic acids is 1. The minimum absolute atomic E-state index is 0.276. The first-order valence-electron chi connectivity index (χ1n) is 14.3. The number of anilines is 6. The molecule has 2 aliphatic heterocycles. The Bertz CT molecular complexity index is 1570. The Morgan fingerprint density at radius 3 is 2.43 bits per heavy atom. The van der Waals surface area contributed by atoms with Gasteiger partial charge in [0, 0.05) is 65.4 Å². The highest BCUT2D eigenvalue weighted by atomic mass is 35.5. The number of fused-ring (bicyclic) bond motifs is 1. The average Bonchev–Trinajstić information content (AvgIpc) is 3.02. The lowest BCUT2D eigenvalue weighted by Gasteiger charge is -2.40. The molecular formula is C32H34ClN7O2. The van der Waals surface area contributed by atoms with Crippen LogP contribution in [0.2, 0.25) is 5.02 Å². The summed E-state index contributed by atoms with van der Waals surface area (Å²) in [5, 5.41) is 10.9. The summed E-state index contributed by atoms with van der Waals surface area (Å²) in [5.41, 5.74) is 4.26. The van der Waals surface area contributed by atoms with E-state index in [-0.39, 0.29) is 5.91 Å². The fourth-order valence-corrected chi connectivity index (χ4v) is 5.75. The number of morpholine rings is 1. The smallest absolute Gasteiger partial charge is 0.247 e. The predicted molar refractivity (Wildman–Crippen MR) is 170 cm³/mol. The van der Waals surface area contributed by atoms with Crippen molar-refractivity contribution in [1.29, 1.82) is 0 Å². The van der Waals surface area contributed by atoms with Crippen LogP contribution in [0.3, 0.4) is 0 Å². The van der Waals surface area contributed by atoms with Gasteiger partial charge in [-0.25, -0.2) is 4.98 Å². The molecule has 6 rings (SSSR count). The van der Waals surface area contributed by atoms with E-state index in [1.165, 1.54) is 24.6 Å². The van der Waals surface area contributed by atoms with Crippen molar-refractivity contribution in [1.82, 2.24) is 14.9 Å². The maximum Gasteiger partial charge on any atom is 0.247 e. The molecule has 0 bridgehead atoms. The van der Waals surface area contributed by atoms with Gasteiger partial charge in [-0.1, -0.05) is 24.2 Å². The number of hydrogen-bond acceptors (Lipinski definition) is 8. The highest BCUT2D eigenvalue weighted by Gasteiger charge is 2.26. The Morgan fingerprint density at radius 2 is 1.67 bits per heavy atom. The first-order chi connectivity index (χ1) is 20.5. The summed E-state index contributed by atoms with van der Waals surface area (Å²) < 4.78 is 5.52. The van der Waals surface area contributed by atoms with Crippen molar-refractivity contribution in [3.05, 3.63) is 84.4 Å². The molecule has 42 heavy (non-hydrogen) atoms. The number of nitrogens with zero attached hydrogens (tertiary/aromatic N) is 4.